The monoisotopic (exact) mass is 365 g/mol. The van der Waals surface area contributed by atoms with Crippen LogP contribution in [0.15, 0.2) is 4.99 Å². The van der Waals surface area contributed by atoms with E-state index in [1.165, 1.54) is 0 Å². The van der Waals surface area contributed by atoms with Crippen LogP contribution < -0.4 is 0 Å². The Morgan fingerprint density at radius 2 is 1.52 bits per heavy atom. The molecule has 0 rings (SSSR count). The van der Waals surface area contributed by atoms with Gasteiger partial charge in [0.15, 0.2) is 8.32 Å². The molecule has 0 N–H and O–H groups in total. The van der Waals surface area contributed by atoms with Crippen LogP contribution in [0.1, 0.15) is 34.1 Å². The summed E-state index contributed by atoms with van der Waals surface area (Å²) in [7, 11) is -2.28. The fourth-order valence-corrected chi connectivity index (χ4v) is 2.47. The first-order valence-corrected chi connectivity index (χ1v) is 10.2. The molecule has 0 bridgehead atoms. The summed E-state index contributed by atoms with van der Waals surface area (Å²) in [5.41, 5.74) is 0. The van der Waals surface area contributed by atoms with Gasteiger partial charge in [-0.1, -0.05) is 27.7 Å². The average molecular weight is 365 g/mol. The number of halogens is 6. The molecular weight excluding hydrogens is 340 g/mol. The quantitative estimate of drug-likeness (QED) is 0.341. The Labute approximate surface area is 134 Å². The SMILES string of the molecule is C[C@@H](C[C@@H](CO[Si](C)(C)C(C)(C)C)N=CC(F)(F)F)C(F)(F)F. The zero-order chi connectivity index (χ0) is 18.7. The highest BCUT2D eigenvalue weighted by Gasteiger charge is 2.40. The van der Waals surface area contributed by atoms with Crippen LogP contribution in [-0.2, 0) is 4.43 Å². The summed E-state index contributed by atoms with van der Waals surface area (Å²) < 4.78 is 80.4. The van der Waals surface area contributed by atoms with Crippen LogP contribution in [0.5, 0.6) is 0 Å². The van der Waals surface area contributed by atoms with Crippen molar-refractivity contribution in [3.05, 3.63) is 0 Å². The van der Waals surface area contributed by atoms with Gasteiger partial charge in [0.25, 0.3) is 0 Å². The maximum Gasteiger partial charge on any atom is 0.426 e. The first-order chi connectivity index (χ1) is 9.96. The molecule has 0 amide bonds. The number of aliphatic imine (C=N–C) groups is 1. The molecule has 0 aliphatic heterocycles. The predicted octanol–water partition coefficient (Wildman–Crippen LogP) is 5.60. The molecule has 0 saturated carbocycles. The number of hydrogen-bond donors (Lipinski definition) is 0. The van der Waals surface area contributed by atoms with Crippen molar-refractivity contribution >= 4 is 14.5 Å². The fraction of sp³-hybridized carbons (Fsp3) is 0.929. The van der Waals surface area contributed by atoms with E-state index in [2.05, 4.69) is 4.99 Å². The van der Waals surface area contributed by atoms with Gasteiger partial charge in [-0.05, 0) is 24.6 Å². The summed E-state index contributed by atoms with van der Waals surface area (Å²) >= 11 is 0. The zero-order valence-electron chi connectivity index (χ0n) is 14.3. The summed E-state index contributed by atoms with van der Waals surface area (Å²) in [6.07, 6.45) is -9.92. The van der Waals surface area contributed by atoms with Crippen molar-refractivity contribution < 1.29 is 30.8 Å². The fourth-order valence-electron chi connectivity index (χ4n) is 1.42. The van der Waals surface area contributed by atoms with E-state index in [0.717, 1.165) is 6.92 Å². The number of nitrogens with zero attached hydrogens (tertiary/aromatic N) is 1. The van der Waals surface area contributed by atoms with Crippen LogP contribution in [0.3, 0.4) is 0 Å². The van der Waals surface area contributed by atoms with E-state index in [1.54, 1.807) is 0 Å². The largest absolute Gasteiger partial charge is 0.426 e. The van der Waals surface area contributed by atoms with Gasteiger partial charge in [0.2, 0.25) is 0 Å². The molecule has 0 aliphatic rings. The third-order valence-corrected chi connectivity index (χ3v) is 8.56. The highest BCUT2D eigenvalue weighted by Crippen LogP contribution is 2.37. The normalized spacial score (nSPS) is 17.6. The van der Waals surface area contributed by atoms with Crippen LogP contribution in [-0.4, -0.2) is 39.5 Å². The van der Waals surface area contributed by atoms with E-state index < -0.39 is 39.1 Å². The molecule has 23 heavy (non-hydrogen) atoms. The topological polar surface area (TPSA) is 21.6 Å². The molecule has 0 heterocycles. The molecule has 0 unspecified atom stereocenters. The highest BCUT2D eigenvalue weighted by molar-refractivity contribution is 6.74. The molecule has 0 fully saturated rings. The first-order valence-electron chi connectivity index (χ1n) is 7.27. The minimum atomic E-state index is -4.66. The van der Waals surface area contributed by atoms with Gasteiger partial charge in [-0.2, -0.15) is 26.3 Å². The Morgan fingerprint density at radius 3 is 1.87 bits per heavy atom. The van der Waals surface area contributed by atoms with Crippen LogP contribution in [0, 0.1) is 5.92 Å². The number of hydrogen-bond acceptors (Lipinski definition) is 2. The van der Waals surface area contributed by atoms with Gasteiger partial charge in [0, 0.05) is 0 Å². The molecule has 2 nitrogen and oxygen atoms in total. The smallest absolute Gasteiger partial charge is 0.415 e. The van der Waals surface area contributed by atoms with Gasteiger partial charge < -0.3 is 4.43 Å². The molecule has 0 aromatic rings. The summed E-state index contributed by atoms with van der Waals surface area (Å²) in [5.74, 6) is -1.75. The van der Waals surface area contributed by atoms with Gasteiger partial charge >= 0.3 is 12.4 Å². The molecule has 0 aromatic carbocycles. The van der Waals surface area contributed by atoms with Crippen LogP contribution >= 0.6 is 0 Å². The summed E-state index contributed by atoms with van der Waals surface area (Å²) in [5, 5.41) is -0.194. The maximum atomic E-state index is 12.6. The lowest BCUT2D eigenvalue weighted by atomic mass is 10.0. The van der Waals surface area contributed by atoms with Crippen molar-refractivity contribution in [2.24, 2.45) is 10.9 Å². The van der Waals surface area contributed by atoms with Gasteiger partial charge in [0.1, 0.15) is 6.21 Å². The van der Waals surface area contributed by atoms with E-state index in [4.69, 9.17) is 4.43 Å². The molecule has 0 saturated heterocycles. The predicted molar refractivity (Wildman–Crippen MR) is 81.3 cm³/mol. The number of alkyl halides is 6. The summed E-state index contributed by atoms with van der Waals surface area (Å²) in [4.78, 5) is 3.28. The lowest BCUT2D eigenvalue weighted by molar-refractivity contribution is -0.172. The molecule has 0 radical (unpaired) electrons. The zero-order valence-corrected chi connectivity index (χ0v) is 15.3. The number of rotatable bonds is 6. The molecule has 2 atom stereocenters. The Hall–Kier alpha value is -0.573. The third kappa shape index (κ3) is 8.73. The van der Waals surface area contributed by atoms with Crippen molar-refractivity contribution in [3.8, 4) is 0 Å². The van der Waals surface area contributed by atoms with Gasteiger partial charge in [-0.3, -0.25) is 4.99 Å². The highest BCUT2D eigenvalue weighted by atomic mass is 28.4. The van der Waals surface area contributed by atoms with Gasteiger partial charge in [-0.15, -0.1) is 0 Å². The Bertz CT molecular complexity index is 398. The van der Waals surface area contributed by atoms with Crippen LogP contribution in [0.4, 0.5) is 26.3 Å². The van der Waals surface area contributed by atoms with Crippen molar-refractivity contribution in [1.82, 2.24) is 0 Å². The van der Waals surface area contributed by atoms with Crippen LogP contribution in [0.2, 0.25) is 18.1 Å². The lowest BCUT2D eigenvalue weighted by Crippen LogP contribution is -2.43. The molecule has 9 heteroatoms. The second-order valence-electron chi connectivity index (χ2n) is 7.22. The standard InChI is InChI=1S/C14H25F6NOSi/c1-10(14(18,19)20)7-11(21-9-13(15,16)17)8-22-23(5,6)12(2,3)4/h9-11H,7-8H2,1-6H3/t10-,11-/m0/s1. The van der Waals surface area contributed by atoms with E-state index in [9.17, 15) is 26.3 Å². The minimum absolute atomic E-state index is 0.194. The van der Waals surface area contributed by atoms with Crippen LogP contribution in [0.25, 0.3) is 0 Å². The molecule has 0 aromatic heterocycles. The first kappa shape index (κ1) is 22.4. The van der Waals surface area contributed by atoms with E-state index in [-0.39, 0.29) is 17.9 Å². The van der Waals surface area contributed by atoms with Crippen molar-refractivity contribution in [1.29, 1.82) is 0 Å². The molecule has 0 spiro atoms. The Kier molecular flexibility index (Phi) is 7.36. The Balaban J connectivity index is 5.04. The van der Waals surface area contributed by atoms with E-state index in [1.807, 2.05) is 33.9 Å². The maximum absolute atomic E-state index is 12.6. The summed E-state index contributed by atoms with van der Waals surface area (Å²) in [6.45, 7) is 10.3. The lowest BCUT2D eigenvalue weighted by Gasteiger charge is -2.37. The van der Waals surface area contributed by atoms with E-state index >= 15 is 0 Å². The summed E-state index contributed by atoms with van der Waals surface area (Å²) in [6, 6.07) is -1.18. The average Bonchev–Trinajstić information content (AvgIpc) is 2.28. The van der Waals surface area contributed by atoms with Gasteiger partial charge in [-0.25, -0.2) is 0 Å². The third-order valence-electron chi connectivity index (χ3n) is 4.06. The molecule has 138 valence electrons. The molecule has 0 aliphatic carbocycles. The Morgan fingerprint density at radius 1 is 1.04 bits per heavy atom. The van der Waals surface area contributed by atoms with Crippen molar-refractivity contribution in [2.45, 2.75) is 70.6 Å². The molecular formula is C14H25F6NOSi. The second kappa shape index (κ2) is 7.54. The van der Waals surface area contributed by atoms with Gasteiger partial charge in [0.05, 0.1) is 18.6 Å². The van der Waals surface area contributed by atoms with E-state index in [0.29, 0.717) is 0 Å². The second-order valence-corrected chi connectivity index (χ2v) is 12.0. The van der Waals surface area contributed by atoms with Crippen molar-refractivity contribution in [2.75, 3.05) is 6.61 Å². The minimum Gasteiger partial charge on any atom is -0.415 e. The van der Waals surface area contributed by atoms with Crippen molar-refractivity contribution in [3.63, 3.8) is 0 Å².